The fourth-order valence-corrected chi connectivity index (χ4v) is 3.15. The zero-order valence-corrected chi connectivity index (χ0v) is 15.5. The molecule has 2 aromatic heterocycles. The van der Waals surface area contributed by atoms with Crippen LogP contribution in [0.1, 0.15) is 54.5 Å². The summed E-state index contributed by atoms with van der Waals surface area (Å²) >= 11 is 6.22. The molecule has 3 aromatic rings. The average Bonchev–Trinajstić information content (AvgIpc) is 2.97. The van der Waals surface area contributed by atoms with E-state index in [9.17, 15) is 4.79 Å². The number of nitrogens with one attached hydrogen (secondary N) is 1. The minimum atomic E-state index is -0.199. The van der Waals surface area contributed by atoms with Gasteiger partial charge in [-0.15, -0.1) is 0 Å². The molecule has 0 radical (unpaired) electrons. The van der Waals surface area contributed by atoms with Crippen molar-refractivity contribution < 1.29 is 4.79 Å². The second-order valence-electron chi connectivity index (χ2n) is 6.43. The Kier molecular flexibility index (Phi) is 4.77. The first-order chi connectivity index (χ1) is 11.9. The van der Waals surface area contributed by atoms with E-state index in [0.29, 0.717) is 16.3 Å². The van der Waals surface area contributed by atoms with Crippen LogP contribution in [0.15, 0.2) is 36.5 Å². The molecular weight excluding hydrogens is 336 g/mol. The van der Waals surface area contributed by atoms with E-state index in [1.54, 1.807) is 6.20 Å². The average molecular weight is 357 g/mol. The van der Waals surface area contributed by atoms with Gasteiger partial charge in [0, 0.05) is 16.5 Å². The second kappa shape index (κ2) is 6.84. The molecule has 0 bridgehead atoms. The van der Waals surface area contributed by atoms with Crippen molar-refractivity contribution in [2.45, 2.75) is 39.8 Å². The van der Waals surface area contributed by atoms with Gasteiger partial charge in [-0.1, -0.05) is 29.8 Å². The molecule has 6 heteroatoms. The summed E-state index contributed by atoms with van der Waals surface area (Å²) in [7, 11) is 0. The highest BCUT2D eigenvalue weighted by molar-refractivity contribution is 6.31. The van der Waals surface area contributed by atoms with Gasteiger partial charge in [-0.05, 0) is 45.4 Å². The van der Waals surface area contributed by atoms with E-state index in [-0.39, 0.29) is 18.0 Å². The maximum atomic E-state index is 12.7. The first-order valence-electron chi connectivity index (χ1n) is 8.28. The number of aromatic nitrogens is 3. The van der Waals surface area contributed by atoms with Gasteiger partial charge in [0.1, 0.15) is 0 Å². The first kappa shape index (κ1) is 17.4. The lowest BCUT2D eigenvalue weighted by molar-refractivity contribution is 0.0939. The minimum absolute atomic E-state index is 0.170. The van der Waals surface area contributed by atoms with Crippen LogP contribution in [-0.4, -0.2) is 20.7 Å². The van der Waals surface area contributed by atoms with Gasteiger partial charge in [0.25, 0.3) is 5.91 Å². The van der Waals surface area contributed by atoms with Gasteiger partial charge < -0.3 is 5.32 Å². The Morgan fingerprint density at radius 3 is 2.64 bits per heavy atom. The molecule has 2 heterocycles. The molecule has 1 atom stereocenters. The summed E-state index contributed by atoms with van der Waals surface area (Å²) in [6.45, 7) is 7.86. The number of carbonyl (C=O) groups is 1. The molecule has 0 unspecified atom stereocenters. The van der Waals surface area contributed by atoms with Gasteiger partial charge in [-0.2, -0.15) is 5.10 Å². The van der Waals surface area contributed by atoms with Crippen molar-refractivity contribution >= 4 is 28.5 Å². The van der Waals surface area contributed by atoms with E-state index >= 15 is 0 Å². The number of carbonyl (C=O) groups excluding carboxylic acids is 1. The topological polar surface area (TPSA) is 59.8 Å². The van der Waals surface area contributed by atoms with Crippen molar-refractivity contribution in [2.24, 2.45) is 0 Å². The number of amides is 1. The quantitative estimate of drug-likeness (QED) is 0.750. The third kappa shape index (κ3) is 3.37. The van der Waals surface area contributed by atoms with Crippen molar-refractivity contribution in [3.63, 3.8) is 0 Å². The van der Waals surface area contributed by atoms with Gasteiger partial charge in [0.2, 0.25) is 0 Å². The van der Waals surface area contributed by atoms with Crippen molar-refractivity contribution in [2.75, 3.05) is 0 Å². The van der Waals surface area contributed by atoms with Crippen LogP contribution in [0.25, 0.3) is 11.0 Å². The maximum absolute atomic E-state index is 12.7. The zero-order chi connectivity index (χ0) is 18.1. The molecule has 1 N–H and O–H groups in total. The summed E-state index contributed by atoms with van der Waals surface area (Å²) in [5, 5.41) is 8.85. The summed E-state index contributed by atoms with van der Waals surface area (Å²) in [6.07, 6.45) is 1.75. The van der Waals surface area contributed by atoms with E-state index in [4.69, 9.17) is 11.6 Å². The summed E-state index contributed by atoms with van der Waals surface area (Å²) in [4.78, 5) is 17.3. The zero-order valence-electron chi connectivity index (χ0n) is 14.7. The number of benzene rings is 1. The van der Waals surface area contributed by atoms with Crippen LogP contribution in [0, 0.1) is 6.92 Å². The molecule has 0 aliphatic carbocycles. The van der Waals surface area contributed by atoms with Gasteiger partial charge in [0.05, 0.1) is 23.5 Å². The molecule has 1 aromatic carbocycles. The largest absolute Gasteiger partial charge is 0.345 e. The number of fused-ring (bicyclic) bond motifs is 1. The van der Waals surface area contributed by atoms with Crippen LogP contribution >= 0.6 is 11.6 Å². The Labute approximate surface area is 152 Å². The van der Waals surface area contributed by atoms with E-state index in [0.717, 1.165) is 16.6 Å². The lowest BCUT2D eigenvalue weighted by atomic mass is 10.1. The molecule has 0 saturated heterocycles. The first-order valence-corrected chi connectivity index (χ1v) is 8.66. The summed E-state index contributed by atoms with van der Waals surface area (Å²) in [5.74, 6) is -0.170. The predicted molar refractivity (Wildman–Crippen MR) is 100.0 cm³/mol. The number of hydrogen-bond donors (Lipinski definition) is 1. The van der Waals surface area contributed by atoms with Crippen molar-refractivity contribution in [3.8, 4) is 0 Å². The highest BCUT2D eigenvalue weighted by Gasteiger charge is 2.18. The molecule has 0 saturated carbocycles. The predicted octanol–water partition coefficient (Wildman–Crippen LogP) is 4.47. The summed E-state index contributed by atoms with van der Waals surface area (Å²) < 4.78 is 1.86. The van der Waals surface area contributed by atoms with Crippen molar-refractivity contribution in [3.05, 3.63) is 58.4 Å². The lowest BCUT2D eigenvalue weighted by Gasteiger charge is -2.16. The Morgan fingerprint density at radius 2 is 1.96 bits per heavy atom. The number of halogens is 1. The molecule has 0 aliphatic rings. The molecule has 0 aliphatic heterocycles. The molecule has 0 spiro atoms. The van der Waals surface area contributed by atoms with Crippen molar-refractivity contribution in [1.29, 1.82) is 0 Å². The molecule has 130 valence electrons. The third-order valence-electron chi connectivity index (χ3n) is 4.21. The monoisotopic (exact) mass is 356 g/mol. The highest BCUT2D eigenvalue weighted by Crippen LogP contribution is 2.24. The standard InChI is InChI=1S/C19H21ClN4O/c1-11(2)24-18-14(10-21-24)9-16(13(4)22-18)19(25)23-12(3)15-7-5-6-8-17(15)20/h5-12H,1-4H3,(H,23,25)/t12-/m0/s1. The fraction of sp³-hybridized carbons (Fsp3) is 0.316. The molecule has 25 heavy (non-hydrogen) atoms. The summed E-state index contributed by atoms with van der Waals surface area (Å²) in [5.41, 5.74) is 2.91. The van der Waals surface area contributed by atoms with Crippen LogP contribution in [0.4, 0.5) is 0 Å². The van der Waals surface area contributed by atoms with E-state index in [1.165, 1.54) is 0 Å². The normalized spacial score (nSPS) is 12.6. The van der Waals surface area contributed by atoms with E-state index in [1.807, 2.05) is 48.9 Å². The van der Waals surface area contributed by atoms with Gasteiger partial charge in [-0.25, -0.2) is 9.67 Å². The SMILES string of the molecule is Cc1nc2c(cnn2C(C)C)cc1C(=O)N[C@@H](C)c1ccccc1Cl. The third-order valence-corrected chi connectivity index (χ3v) is 4.56. The molecular formula is C19H21ClN4O. The van der Waals surface area contributed by atoms with Gasteiger partial charge >= 0.3 is 0 Å². The van der Waals surface area contributed by atoms with Crippen LogP contribution in [0.3, 0.4) is 0 Å². The highest BCUT2D eigenvalue weighted by atomic mass is 35.5. The Balaban J connectivity index is 1.90. The fourth-order valence-electron chi connectivity index (χ4n) is 2.85. The van der Waals surface area contributed by atoms with E-state index in [2.05, 4.69) is 29.2 Å². The van der Waals surface area contributed by atoms with Crippen molar-refractivity contribution in [1.82, 2.24) is 20.1 Å². The van der Waals surface area contributed by atoms with Crippen LogP contribution in [0.5, 0.6) is 0 Å². The number of nitrogens with zero attached hydrogens (tertiary/aromatic N) is 3. The molecule has 5 nitrogen and oxygen atoms in total. The smallest absolute Gasteiger partial charge is 0.253 e. The van der Waals surface area contributed by atoms with Crippen LogP contribution in [-0.2, 0) is 0 Å². The van der Waals surface area contributed by atoms with Gasteiger partial charge in [0.15, 0.2) is 5.65 Å². The second-order valence-corrected chi connectivity index (χ2v) is 6.84. The number of rotatable bonds is 4. The van der Waals surface area contributed by atoms with Crippen LogP contribution < -0.4 is 5.32 Å². The Morgan fingerprint density at radius 1 is 1.24 bits per heavy atom. The number of aryl methyl sites for hydroxylation is 1. The number of hydrogen-bond acceptors (Lipinski definition) is 3. The molecule has 0 fully saturated rings. The molecule has 3 rings (SSSR count). The lowest BCUT2D eigenvalue weighted by Crippen LogP contribution is -2.27. The Bertz CT molecular complexity index is 932. The minimum Gasteiger partial charge on any atom is -0.345 e. The maximum Gasteiger partial charge on any atom is 0.253 e. The van der Waals surface area contributed by atoms with E-state index < -0.39 is 0 Å². The van der Waals surface area contributed by atoms with Crippen LogP contribution in [0.2, 0.25) is 5.02 Å². The molecule has 1 amide bonds. The Hall–Kier alpha value is -2.40. The number of pyridine rings is 1. The van der Waals surface area contributed by atoms with Gasteiger partial charge in [-0.3, -0.25) is 4.79 Å². The summed E-state index contributed by atoms with van der Waals surface area (Å²) in [6, 6.07) is 9.36.